The lowest BCUT2D eigenvalue weighted by Crippen LogP contribution is -2.59. The highest BCUT2D eigenvalue weighted by molar-refractivity contribution is 5.88. The van der Waals surface area contributed by atoms with Gasteiger partial charge >= 0.3 is 0 Å². The molecule has 1 aliphatic carbocycles. The number of aromatic nitrogens is 1. The zero-order valence-corrected chi connectivity index (χ0v) is 17.0. The second-order valence-corrected chi connectivity index (χ2v) is 7.82. The normalized spacial score (nSPS) is 19.2. The first-order chi connectivity index (χ1) is 14.7. The Balaban J connectivity index is 1.25. The fraction of sp³-hybridized carbons (Fsp3) is 0.435. The first-order valence-electron chi connectivity index (χ1n) is 10.6. The maximum absolute atomic E-state index is 12.5. The van der Waals surface area contributed by atoms with Crippen molar-refractivity contribution in [3.63, 3.8) is 0 Å². The zero-order chi connectivity index (χ0) is 20.8. The minimum Gasteiger partial charge on any atom is -0.492 e. The molecule has 0 spiro atoms. The smallest absolute Gasteiger partial charge is 0.237 e. The summed E-state index contributed by atoms with van der Waals surface area (Å²) in [6.07, 6.45) is 6.11. The van der Waals surface area contributed by atoms with E-state index in [9.17, 15) is 9.59 Å². The van der Waals surface area contributed by atoms with E-state index in [1.54, 1.807) is 12.4 Å². The van der Waals surface area contributed by atoms with Crippen LogP contribution in [0.4, 0.5) is 0 Å². The number of fused-ring (bicyclic) bond motifs is 1. The van der Waals surface area contributed by atoms with Gasteiger partial charge in [0.25, 0.3) is 0 Å². The fourth-order valence-electron chi connectivity index (χ4n) is 4.32. The SMILES string of the molecule is O=C(C[C@@H]1C(=O)NCCN1C1Cc2ccccc2C1)NCCCOc1cccnc1. The van der Waals surface area contributed by atoms with Crippen LogP contribution in [0.3, 0.4) is 0 Å². The molecule has 2 N–H and O–H groups in total. The summed E-state index contributed by atoms with van der Waals surface area (Å²) in [6, 6.07) is 12.0. The van der Waals surface area contributed by atoms with Gasteiger partial charge in [-0.05, 0) is 42.5 Å². The van der Waals surface area contributed by atoms with Crippen molar-refractivity contribution in [2.75, 3.05) is 26.2 Å². The number of nitrogens with one attached hydrogen (secondary N) is 2. The molecule has 0 unspecified atom stereocenters. The third-order valence-corrected chi connectivity index (χ3v) is 5.80. The lowest BCUT2D eigenvalue weighted by atomic mass is 10.0. The second-order valence-electron chi connectivity index (χ2n) is 7.82. The van der Waals surface area contributed by atoms with Crippen LogP contribution in [-0.4, -0.2) is 60.0 Å². The van der Waals surface area contributed by atoms with Gasteiger partial charge in [0.1, 0.15) is 5.75 Å². The van der Waals surface area contributed by atoms with Crippen LogP contribution in [0, 0.1) is 0 Å². The van der Waals surface area contributed by atoms with Crippen LogP contribution in [-0.2, 0) is 22.4 Å². The lowest BCUT2D eigenvalue weighted by molar-refractivity contribution is -0.135. The molecule has 2 aliphatic rings. The van der Waals surface area contributed by atoms with E-state index in [1.165, 1.54) is 11.1 Å². The summed E-state index contributed by atoms with van der Waals surface area (Å²) in [5.74, 6) is 0.571. The van der Waals surface area contributed by atoms with Crippen molar-refractivity contribution in [2.45, 2.75) is 37.8 Å². The van der Waals surface area contributed by atoms with Crippen molar-refractivity contribution in [3.8, 4) is 5.75 Å². The zero-order valence-electron chi connectivity index (χ0n) is 17.0. The molecule has 1 atom stereocenters. The van der Waals surface area contributed by atoms with E-state index >= 15 is 0 Å². The van der Waals surface area contributed by atoms with E-state index in [0.717, 1.165) is 25.1 Å². The first-order valence-corrected chi connectivity index (χ1v) is 10.6. The minimum atomic E-state index is -0.412. The van der Waals surface area contributed by atoms with Crippen LogP contribution in [0.2, 0.25) is 0 Å². The Bertz CT molecular complexity index is 849. The van der Waals surface area contributed by atoms with Crippen molar-refractivity contribution in [3.05, 3.63) is 59.9 Å². The number of nitrogens with zero attached hydrogens (tertiary/aromatic N) is 2. The summed E-state index contributed by atoms with van der Waals surface area (Å²) >= 11 is 0. The third kappa shape index (κ3) is 4.97. The van der Waals surface area contributed by atoms with Gasteiger partial charge in [-0.1, -0.05) is 24.3 Å². The summed E-state index contributed by atoms with van der Waals surface area (Å²) < 4.78 is 5.58. The molecule has 30 heavy (non-hydrogen) atoms. The number of hydrogen-bond acceptors (Lipinski definition) is 5. The Kier molecular flexibility index (Phi) is 6.59. The van der Waals surface area contributed by atoms with E-state index in [4.69, 9.17) is 4.74 Å². The largest absolute Gasteiger partial charge is 0.492 e. The van der Waals surface area contributed by atoms with Crippen LogP contribution in [0.1, 0.15) is 24.0 Å². The number of rotatable bonds is 8. The molecule has 1 aromatic heterocycles. The van der Waals surface area contributed by atoms with Gasteiger partial charge in [-0.15, -0.1) is 0 Å². The van der Waals surface area contributed by atoms with Gasteiger partial charge in [0.05, 0.1) is 25.3 Å². The average Bonchev–Trinajstić information content (AvgIpc) is 3.20. The molecular formula is C23H28N4O3. The molecule has 0 saturated carbocycles. The predicted molar refractivity (Wildman–Crippen MR) is 113 cm³/mol. The Morgan fingerprint density at radius 3 is 2.73 bits per heavy atom. The van der Waals surface area contributed by atoms with Crippen LogP contribution in [0.15, 0.2) is 48.8 Å². The number of piperazine rings is 1. The van der Waals surface area contributed by atoms with E-state index in [1.807, 2.05) is 12.1 Å². The standard InChI is InChI=1S/C23H28N4O3/c28-22(25-9-4-12-30-20-7-3-8-24-16-20)15-21-23(29)26-10-11-27(21)19-13-17-5-1-2-6-18(17)14-19/h1-3,5-8,16,19,21H,4,9-15H2,(H,25,28)(H,26,29)/t21-/m1/s1. The van der Waals surface area contributed by atoms with Crippen LogP contribution < -0.4 is 15.4 Å². The van der Waals surface area contributed by atoms with Crippen molar-refractivity contribution in [2.24, 2.45) is 0 Å². The lowest BCUT2D eigenvalue weighted by Gasteiger charge is -2.38. The first kappa shape index (κ1) is 20.3. The molecule has 0 radical (unpaired) electrons. The number of pyridine rings is 1. The summed E-state index contributed by atoms with van der Waals surface area (Å²) in [5, 5.41) is 5.84. The van der Waals surface area contributed by atoms with Gasteiger partial charge in [0.2, 0.25) is 11.8 Å². The van der Waals surface area contributed by atoms with Crippen molar-refractivity contribution in [1.29, 1.82) is 0 Å². The highest BCUT2D eigenvalue weighted by atomic mass is 16.5. The number of hydrogen-bond donors (Lipinski definition) is 2. The van der Waals surface area contributed by atoms with Gasteiger partial charge in [-0.2, -0.15) is 0 Å². The Hall–Kier alpha value is -2.93. The topological polar surface area (TPSA) is 83.6 Å². The molecule has 0 bridgehead atoms. The van der Waals surface area contributed by atoms with Crippen molar-refractivity contribution < 1.29 is 14.3 Å². The van der Waals surface area contributed by atoms with Crippen LogP contribution in [0.25, 0.3) is 0 Å². The third-order valence-electron chi connectivity index (χ3n) is 5.80. The minimum absolute atomic E-state index is 0.0488. The molecule has 2 heterocycles. The second kappa shape index (κ2) is 9.71. The van der Waals surface area contributed by atoms with E-state index in [2.05, 4.69) is 44.8 Å². The number of amides is 2. The summed E-state index contributed by atoms with van der Waals surface area (Å²) in [5.41, 5.74) is 2.70. The maximum Gasteiger partial charge on any atom is 0.237 e. The number of carbonyl (C=O) groups is 2. The van der Waals surface area contributed by atoms with Crippen molar-refractivity contribution >= 4 is 11.8 Å². The number of ether oxygens (including phenoxy) is 1. The molecule has 1 aliphatic heterocycles. The molecule has 7 heteroatoms. The summed E-state index contributed by atoms with van der Waals surface area (Å²) in [7, 11) is 0. The number of benzene rings is 1. The molecule has 1 aromatic carbocycles. The Morgan fingerprint density at radius 1 is 1.20 bits per heavy atom. The molecule has 1 fully saturated rings. The van der Waals surface area contributed by atoms with Gasteiger partial charge in [-0.25, -0.2) is 0 Å². The highest BCUT2D eigenvalue weighted by Crippen LogP contribution is 2.28. The highest BCUT2D eigenvalue weighted by Gasteiger charge is 2.37. The monoisotopic (exact) mass is 408 g/mol. The van der Waals surface area contributed by atoms with Gasteiger partial charge < -0.3 is 15.4 Å². The molecule has 2 amide bonds. The van der Waals surface area contributed by atoms with Gasteiger partial charge in [0, 0.05) is 31.9 Å². The maximum atomic E-state index is 12.5. The van der Waals surface area contributed by atoms with Gasteiger partial charge in [-0.3, -0.25) is 19.5 Å². The fourth-order valence-corrected chi connectivity index (χ4v) is 4.32. The summed E-state index contributed by atoms with van der Waals surface area (Å²) in [6.45, 7) is 2.43. The van der Waals surface area contributed by atoms with Crippen molar-refractivity contribution in [1.82, 2.24) is 20.5 Å². The molecule has 158 valence electrons. The van der Waals surface area contributed by atoms with Crippen LogP contribution >= 0.6 is 0 Å². The molecular weight excluding hydrogens is 380 g/mol. The molecule has 2 aromatic rings. The van der Waals surface area contributed by atoms with E-state index < -0.39 is 6.04 Å². The van der Waals surface area contributed by atoms with E-state index in [-0.39, 0.29) is 24.3 Å². The Morgan fingerprint density at radius 2 is 2.00 bits per heavy atom. The van der Waals surface area contributed by atoms with Crippen LogP contribution in [0.5, 0.6) is 5.75 Å². The molecule has 4 rings (SSSR count). The average molecular weight is 409 g/mol. The molecule has 1 saturated heterocycles. The Labute approximate surface area is 176 Å². The van der Waals surface area contributed by atoms with Gasteiger partial charge in [0.15, 0.2) is 0 Å². The van der Waals surface area contributed by atoms with E-state index in [0.29, 0.717) is 26.1 Å². The number of carbonyl (C=O) groups excluding carboxylic acids is 2. The predicted octanol–water partition coefficient (Wildman–Crippen LogP) is 1.32. The quantitative estimate of drug-likeness (QED) is 0.644. The molecule has 7 nitrogen and oxygen atoms in total. The summed E-state index contributed by atoms with van der Waals surface area (Å²) in [4.78, 5) is 31.3.